The fourth-order valence-corrected chi connectivity index (χ4v) is 3.54. The van der Waals surface area contributed by atoms with E-state index in [9.17, 15) is 0 Å². The number of anilines is 2. The highest BCUT2D eigenvalue weighted by Gasteiger charge is 2.16. The number of rotatable bonds is 5. The van der Waals surface area contributed by atoms with Crippen molar-refractivity contribution in [1.82, 2.24) is 19.7 Å². The Morgan fingerprint density at radius 3 is 3.07 bits per heavy atom. The summed E-state index contributed by atoms with van der Waals surface area (Å²) in [6, 6.07) is 8.50. The molecule has 0 spiro atoms. The summed E-state index contributed by atoms with van der Waals surface area (Å²) in [5.74, 6) is 0.516. The molecule has 1 atom stereocenters. The smallest absolute Gasteiger partial charge is 0.227 e. The first-order chi connectivity index (χ1) is 13.2. The Bertz CT molecular complexity index is 922. The molecule has 0 saturated carbocycles. The molecule has 7 nitrogen and oxygen atoms in total. The lowest BCUT2D eigenvalue weighted by atomic mass is 9.96. The molecule has 140 valence electrons. The maximum absolute atomic E-state index is 8.99. The van der Waals surface area contributed by atoms with Crippen LogP contribution in [-0.2, 0) is 13.0 Å². The van der Waals surface area contributed by atoms with E-state index in [1.807, 2.05) is 12.3 Å². The Labute approximate surface area is 158 Å². The van der Waals surface area contributed by atoms with Gasteiger partial charge in [-0.2, -0.15) is 5.10 Å². The average Bonchev–Trinajstić information content (AvgIpc) is 3.03. The monoisotopic (exact) mass is 364 g/mol. The minimum absolute atomic E-state index is 0.0507. The molecule has 7 heteroatoms. The summed E-state index contributed by atoms with van der Waals surface area (Å²) >= 11 is 0. The molecule has 1 aromatic carbocycles. The number of aryl methyl sites for hydroxylation is 1. The van der Waals surface area contributed by atoms with Crippen molar-refractivity contribution in [2.24, 2.45) is 5.73 Å². The summed E-state index contributed by atoms with van der Waals surface area (Å²) < 4.78 is 1.67. The second-order valence-corrected chi connectivity index (χ2v) is 6.87. The maximum atomic E-state index is 8.99. The van der Waals surface area contributed by atoms with Crippen molar-refractivity contribution in [1.29, 1.82) is 0 Å². The molecule has 0 fully saturated rings. The van der Waals surface area contributed by atoms with Crippen molar-refractivity contribution in [3.05, 3.63) is 54.0 Å². The minimum atomic E-state index is 0.0507. The summed E-state index contributed by atoms with van der Waals surface area (Å²) in [7, 11) is 0. The molecule has 0 amide bonds. The summed E-state index contributed by atoms with van der Waals surface area (Å²) in [5, 5.41) is 16.3. The molecule has 2 heterocycles. The predicted octanol–water partition coefficient (Wildman–Crippen LogP) is 2.80. The molecule has 2 aromatic heterocycles. The van der Waals surface area contributed by atoms with Gasteiger partial charge in [-0.3, -0.25) is 4.68 Å². The van der Waals surface area contributed by atoms with E-state index in [1.165, 1.54) is 24.0 Å². The maximum Gasteiger partial charge on any atom is 0.227 e. The molecule has 4 rings (SSSR count). The third-order valence-electron chi connectivity index (χ3n) is 4.92. The van der Waals surface area contributed by atoms with Gasteiger partial charge in [0.25, 0.3) is 0 Å². The van der Waals surface area contributed by atoms with Crippen LogP contribution >= 0.6 is 0 Å². The van der Waals surface area contributed by atoms with Gasteiger partial charge in [0, 0.05) is 24.0 Å². The topological polar surface area (TPSA) is 102 Å². The van der Waals surface area contributed by atoms with Crippen molar-refractivity contribution >= 4 is 11.6 Å². The summed E-state index contributed by atoms with van der Waals surface area (Å²) in [4.78, 5) is 8.95. The lowest BCUT2D eigenvalue weighted by molar-refractivity contribution is 0.269. The van der Waals surface area contributed by atoms with Crippen molar-refractivity contribution in [3.63, 3.8) is 0 Å². The number of hydrogen-bond acceptors (Lipinski definition) is 6. The number of nitrogens with two attached hydrogens (primary N) is 1. The van der Waals surface area contributed by atoms with Crippen LogP contribution in [0.3, 0.4) is 0 Å². The second kappa shape index (κ2) is 7.85. The molecule has 0 saturated heterocycles. The fraction of sp³-hybridized carbons (Fsp3) is 0.350. The molecule has 1 aliphatic carbocycles. The van der Waals surface area contributed by atoms with Crippen molar-refractivity contribution in [2.75, 3.05) is 11.9 Å². The average molecular weight is 364 g/mol. The van der Waals surface area contributed by atoms with E-state index in [0.717, 1.165) is 29.8 Å². The first-order valence-electron chi connectivity index (χ1n) is 9.35. The number of benzene rings is 1. The number of aliphatic hydroxyl groups is 1. The van der Waals surface area contributed by atoms with Gasteiger partial charge in [0.15, 0.2) is 0 Å². The van der Waals surface area contributed by atoms with Crippen molar-refractivity contribution < 1.29 is 5.11 Å². The summed E-state index contributed by atoms with van der Waals surface area (Å²) in [5.41, 5.74) is 11.6. The van der Waals surface area contributed by atoms with Crippen molar-refractivity contribution in [3.8, 4) is 11.3 Å². The van der Waals surface area contributed by atoms with Gasteiger partial charge < -0.3 is 16.2 Å². The van der Waals surface area contributed by atoms with Crippen LogP contribution in [0.15, 0.2) is 42.9 Å². The first-order valence-corrected chi connectivity index (χ1v) is 9.35. The van der Waals surface area contributed by atoms with Crippen molar-refractivity contribution in [2.45, 2.75) is 38.3 Å². The number of nitrogens with zero attached hydrogens (tertiary/aromatic N) is 4. The van der Waals surface area contributed by atoms with E-state index in [0.29, 0.717) is 12.5 Å². The van der Waals surface area contributed by atoms with Gasteiger partial charge in [0.05, 0.1) is 30.7 Å². The number of nitrogens with one attached hydrogen (secondary N) is 1. The van der Waals surface area contributed by atoms with Gasteiger partial charge in [-0.15, -0.1) is 0 Å². The van der Waals surface area contributed by atoms with E-state index in [1.54, 1.807) is 17.1 Å². The molecule has 4 N–H and O–H groups in total. The molecule has 0 bridgehead atoms. The van der Waals surface area contributed by atoms with Crippen LogP contribution in [0.2, 0.25) is 0 Å². The standard InChI is InChI=1S/C20H24N6O/c21-18-4-2-1-3-14-11-15(5-6-17(14)18)19-7-8-22-20(25-19)24-16-12-23-26(13-16)9-10-27/h5-8,11-13,18,27H,1-4,9-10,21H2,(H,22,24,25). The lowest BCUT2D eigenvalue weighted by Gasteiger charge is -2.14. The van der Waals surface area contributed by atoms with E-state index >= 15 is 0 Å². The second-order valence-electron chi connectivity index (χ2n) is 6.87. The lowest BCUT2D eigenvalue weighted by Crippen LogP contribution is -2.10. The largest absolute Gasteiger partial charge is 0.394 e. The Morgan fingerprint density at radius 2 is 2.19 bits per heavy atom. The molecule has 0 radical (unpaired) electrons. The van der Waals surface area contributed by atoms with E-state index in [-0.39, 0.29) is 12.6 Å². The highest BCUT2D eigenvalue weighted by Crippen LogP contribution is 2.30. The minimum Gasteiger partial charge on any atom is -0.394 e. The number of aliphatic hydroxyl groups excluding tert-OH is 1. The Hall–Kier alpha value is -2.77. The molecule has 1 aliphatic rings. The van der Waals surface area contributed by atoms with Gasteiger partial charge in [-0.25, -0.2) is 9.97 Å². The van der Waals surface area contributed by atoms with E-state index in [4.69, 9.17) is 10.8 Å². The van der Waals surface area contributed by atoms with E-state index < -0.39 is 0 Å². The number of hydrogen-bond donors (Lipinski definition) is 3. The van der Waals surface area contributed by atoms with Gasteiger partial charge in [0.2, 0.25) is 5.95 Å². The van der Waals surface area contributed by atoms with E-state index in [2.05, 4.69) is 38.6 Å². The van der Waals surface area contributed by atoms with Crippen LogP contribution in [-0.4, -0.2) is 31.5 Å². The van der Waals surface area contributed by atoms with Gasteiger partial charge in [0.1, 0.15) is 0 Å². The molecule has 27 heavy (non-hydrogen) atoms. The quantitative estimate of drug-likeness (QED) is 0.602. The van der Waals surface area contributed by atoms with Crippen LogP contribution in [0.25, 0.3) is 11.3 Å². The molecule has 0 aliphatic heterocycles. The number of aromatic nitrogens is 4. The summed E-state index contributed by atoms with van der Waals surface area (Å²) in [6.45, 7) is 0.509. The van der Waals surface area contributed by atoms with Gasteiger partial charge in [-0.05, 0) is 42.5 Å². The molecular formula is C20H24N6O. The Balaban J connectivity index is 1.57. The predicted molar refractivity (Wildman–Crippen MR) is 105 cm³/mol. The Morgan fingerprint density at radius 1 is 1.26 bits per heavy atom. The highest BCUT2D eigenvalue weighted by atomic mass is 16.3. The zero-order valence-corrected chi connectivity index (χ0v) is 15.2. The normalized spacial score (nSPS) is 16.6. The third kappa shape index (κ3) is 3.99. The van der Waals surface area contributed by atoms with Gasteiger partial charge >= 0.3 is 0 Å². The molecule has 3 aromatic rings. The molecule has 1 unspecified atom stereocenters. The third-order valence-corrected chi connectivity index (χ3v) is 4.92. The van der Waals surface area contributed by atoms with Crippen LogP contribution in [0.5, 0.6) is 0 Å². The van der Waals surface area contributed by atoms with Crippen LogP contribution in [0.4, 0.5) is 11.6 Å². The fourth-order valence-electron chi connectivity index (χ4n) is 3.54. The number of fused-ring (bicyclic) bond motifs is 1. The Kier molecular flexibility index (Phi) is 5.13. The van der Waals surface area contributed by atoms with Crippen LogP contribution in [0, 0.1) is 0 Å². The van der Waals surface area contributed by atoms with Gasteiger partial charge in [-0.1, -0.05) is 18.6 Å². The first kappa shape index (κ1) is 17.6. The highest BCUT2D eigenvalue weighted by molar-refractivity contribution is 5.63. The zero-order valence-electron chi connectivity index (χ0n) is 15.2. The zero-order chi connectivity index (χ0) is 18.6. The summed E-state index contributed by atoms with van der Waals surface area (Å²) in [6.07, 6.45) is 9.73. The molecular weight excluding hydrogens is 340 g/mol. The van der Waals surface area contributed by atoms with Crippen LogP contribution < -0.4 is 11.1 Å². The van der Waals surface area contributed by atoms with Crippen LogP contribution in [0.1, 0.15) is 36.4 Å². The SMILES string of the molecule is NC1CCCCc2cc(-c3ccnc(Nc4cnn(CCO)c4)n3)ccc21.